The number of β-amino-alcohol motifs (C(OH)–C–C–N with tert-alkyl or cyclic N) is 1. The molecule has 2 aliphatic heterocycles. The molecule has 0 unspecified atom stereocenters. The van der Waals surface area contributed by atoms with Crippen molar-refractivity contribution in [3.05, 3.63) is 29.8 Å². The number of hydrogen-bond donors (Lipinski definition) is 3. The minimum Gasteiger partial charge on any atom is -0.491 e. The summed E-state index contributed by atoms with van der Waals surface area (Å²) in [5.41, 5.74) is 0.291. The van der Waals surface area contributed by atoms with Gasteiger partial charge in [-0.15, -0.1) is 0 Å². The quantitative estimate of drug-likeness (QED) is 0.573. The summed E-state index contributed by atoms with van der Waals surface area (Å²) in [7, 11) is 2.13. The van der Waals surface area contributed by atoms with Crippen LogP contribution in [0.5, 0.6) is 5.75 Å². The third-order valence-electron chi connectivity index (χ3n) is 5.92. The number of aliphatic hydroxyl groups excluding tert-OH is 2. The molecule has 0 bridgehead atoms. The molecular weight excluding hydrogens is 358 g/mol. The molecule has 0 radical (unpaired) electrons. The molecule has 0 saturated carbocycles. The van der Waals surface area contributed by atoms with Crippen molar-refractivity contribution in [2.45, 2.75) is 31.1 Å². The maximum Gasteiger partial charge on any atom is 0.119 e. The van der Waals surface area contributed by atoms with E-state index in [4.69, 9.17) is 4.74 Å². The molecular formula is C21H35N3O4. The summed E-state index contributed by atoms with van der Waals surface area (Å²) in [5, 5.41) is 29.6. The molecule has 2 aliphatic rings. The average Bonchev–Trinajstić information content (AvgIpc) is 2.71. The van der Waals surface area contributed by atoms with Crippen LogP contribution in [-0.2, 0) is 6.54 Å². The minimum atomic E-state index is -0.904. The van der Waals surface area contributed by atoms with Crippen molar-refractivity contribution in [2.24, 2.45) is 0 Å². The number of aliphatic hydroxyl groups is 3. The summed E-state index contributed by atoms with van der Waals surface area (Å²) in [6, 6.07) is 8.00. The Kier molecular flexibility index (Phi) is 7.68. The lowest BCUT2D eigenvalue weighted by atomic mass is 9.92. The highest BCUT2D eigenvalue weighted by molar-refractivity contribution is 5.27. The Morgan fingerprint density at radius 1 is 1.00 bits per heavy atom. The predicted octanol–water partition coefficient (Wildman–Crippen LogP) is -0.00710. The van der Waals surface area contributed by atoms with Crippen LogP contribution in [0.2, 0.25) is 0 Å². The second-order valence-electron chi connectivity index (χ2n) is 8.37. The summed E-state index contributed by atoms with van der Waals surface area (Å²) in [5.74, 6) is 0.773. The first-order valence-corrected chi connectivity index (χ1v) is 10.3. The molecule has 2 heterocycles. The lowest BCUT2D eigenvalue weighted by Gasteiger charge is -2.37. The number of likely N-dealkylation sites (tertiary alicyclic amines) is 1. The van der Waals surface area contributed by atoms with Gasteiger partial charge in [-0.3, -0.25) is 9.80 Å². The van der Waals surface area contributed by atoms with E-state index in [2.05, 4.69) is 33.9 Å². The lowest BCUT2D eigenvalue weighted by Crippen LogP contribution is -2.47. The number of piperidine rings is 1. The number of nitrogens with zero attached hydrogens (tertiary/aromatic N) is 3. The Hall–Kier alpha value is -1.22. The van der Waals surface area contributed by atoms with Crippen LogP contribution in [0.3, 0.4) is 0 Å². The van der Waals surface area contributed by atoms with Crippen molar-refractivity contribution in [2.75, 3.05) is 66.1 Å². The van der Waals surface area contributed by atoms with Gasteiger partial charge in [0.25, 0.3) is 0 Å². The monoisotopic (exact) mass is 393 g/mol. The first-order valence-electron chi connectivity index (χ1n) is 10.3. The number of benzene rings is 1. The summed E-state index contributed by atoms with van der Waals surface area (Å²) in [4.78, 5) is 6.88. The molecule has 3 rings (SSSR count). The van der Waals surface area contributed by atoms with Gasteiger partial charge in [0.05, 0.1) is 12.2 Å². The van der Waals surface area contributed by atoms with E-state index in [1.165, 1.54) is 5.56 Å². The van der Waals surface area contributed by atoms with E-state index in [1.54, 1.807) is 0 Å². The third kappa shape index (κ3) is 6.40. The second-order valence-corrected chi connectivity index (χ2v) is 8.37. The Morgan fingerprint density at radius 3 is 2.25 bits per heavy atom. The third-order valence-corrected chi connectivity index (χ3v) is 5.92. The normalized spacial score (nSPS) is 22.9. The number of ether oxygens (including phenoxy) is 1. The fourth-order valence-electron chi connectivity index (χ4n) is 3.81. The zero-order chi connectivity index (χ0) is 20.0. The maximum atomic E-state index is 10.2. The lowest BCUT2D eigenvalue weighted by molar-refractivity contribution is -0.0606. The van der Waals surface area contributed by atoms with Crippen molar-refractivity contribution < 1.29 is 20.1 Å². The fraction of sp³-hybridized carbons (Fsp3) is 0.714. The largest absolute Gasteiger partial charge is 0.491 e. The van der Waals surface area contributed by atoms with Gasteiger partial charge in [-0.2, -0.15) is 0 Å². The van der Waals surface area contributed by atoms with Gasteiger partial charge in [-0.05, 0) is 37.6 Å². The van der Waals surface area contributed by atoms with Crippen LogP contribution < -0.4 is 4.74 Å². The zero-order valence-electron chi connectivity index (χ0n) is 17.0. The van der Waals surface area contributed by atoms with E-state index in [9.17, 15) is 15.3 Å². The van der Waals surface area contributed by atoms with Crippen LogP contribution in [0.4, 0.5) is 0 Å². The van der Waals surface area contributed by atoms with Crippen molar-refractivity contribution in [1.82, 2.24) is 14.7 Å². The molecule has 1 atom stereocenters. The van der Waals surface area contributed by atoms with Gasteiger partial charge in [0.1, 0.15) is 18.5 Å². The SMILES string of the molecule is CN1CCN(C[C@@H](O)COc2ccc(CN3CCC(O)(CO)CC3)cc2)CC1. The van der Waals surface area contributed by atoms with Gasteiger partial charge < -0.3 is 25.0 Å². The molecule has 7 heteroatoms. The Morgan fingerprint density at radius 2 is 1.64 bits per heavy atom. The molecule has 0 amide bonds. The summed E-state index contributed by atoms with van der Waals surface area (Å²) in [6.45, 7) is 7.28. The van der Waals surface area contributed by atoms with Crippen LogP contribution >= 0.6 is 0 Å². The second kappa shape index (κ2) is 10.0. The highest BCUT2D eigenvalue weighted by atomic mass is 16.5. The molecule has 1 aromatic rings. The number of hydrogen-bond acceptors (Lipinski definition) is 7. The first kappa shape index (κ1) is 21.5. The van der Waals surface area contributed by atoms with Crippen LogP contribution in [-0.4, -0.2) is 108 Å². The van der Waals surface area contributed by atoms with E-state index < -0.39 is 11.7 Å². The molecule has 0 spiro atoms. The van der Waals surface area contributed by atoms with Crippen molar-refractivity contribution in [1.29, 1.82) is 0 Å². The van der Waals surface area contributed by atoms with Gasteiger partial charge in [0.2, 0.25) is 0 Å². The molecule has 2 saturated heterocycles. The molecule has 3 N–H and O–H groups in total. The van der Waals surface area contributed by atoms with Crippen molar-refractivity contribution >= 4 is 0 Å². The molecule has 2 fully saturated rings. The van der Waals surface area contributed by atoms with E-state index in [0.29, 0.717) is 26.0 Å². The van der Waals surface area contributed by atoms with Crippen LogP contribution in [0, 0.1) is 0 Å². The van der Waals surface area contributed by atoms with Crippen LogP contribution in [0.15, 0.2) is 24.3 Å². The fourth-order valence-corrected chi connectivity index (χ4v) is 3.81. The Balaban J connectivity index is 1.37. The van der Waals surface area contributed by atoms with E-state index in [0.717, 1.165) is 51.6 Å². The van der Waals surface area contributed by atoms with E-state index in [1.807, 2.05) is 12.1 Å². The Bertz CT molecular complexity index is 582. The molecule has 7 nitrogen and oxygen atoms in total. The first-order chi connectivity index (χ1) is 13.5. The van der Waals surface area contributed by atoms with Gasteiger partial charge in [0.15, 0.2) is 0 Å². The van der Waals surface area contributed by atoms with Crippen molar-refractivity contribution in [3.63, 3.8) is 0 Å². The Labute approximate surface area is 168 Å². The topological polar surface area (TPSA) is 79.6 Å². The van der Waals surface area contributed by atoms with Crippen LogP contribution in [0.25, 0.3) is 0 Å². The average molecular weight is 394 g/mol. The summed E-state index contributed by atoms with van der Waals surface area (Å²) < 4.78 is 5.76. The van der Waals surface area contributed by atoms with Crippen LogP contribution in [0.1, 0.15) is 18.4 Å². The smallest absolute Gasteiger partial charge is 0.119 e. The van der Waals surface area contributed by atoms with E-state index in [-0.39, 0.29) is 6.61 Å². The minimum absolute atomic E-state index is 0.159. The summed E-state index contributed by atoms with van der Waals surface area (Å²) in [6.07, 6.45) is 0.730. The standard InChI is InChI=1S/C21H35N3O4/c1-22-10-12-24(13-11-22)15-19(26)16-28-20-4-2-18(3-5-20)14-23-8-6-21(27,17-25)7-9-23/h2-5,19,25-27H,6-17H2,1H3/t19-/m1/s1. The molecule has 28 heavy (non-hydrogen) atoms. The van der Waals surface area contributed by atoms with E-state index >= 15 is 0 Å². The highest BCUT2D eigenvalue weighted by Gasteiger charge is 2.31. The van der Waals surface area contributed by atoms with Gasteiger partial charge in [-0.25, -0.2) is 0 Å². The molecule has 0 aromatic heterocycles. The molecule has 1 aromatic carbocycles. The van der Waals surface area contributed by atoms with Gasteiger partial charge >= 0.3 is 0 Å². The number of likely N-dealkylation sites (N-methyl/N-ethyl adjacent to an activating group) is 1. The van der Waals surface area contributed by atoms with Gasteiger partial charge in [-0.1, -0.05) is 12.1 Å². The van der Waals surface area contributed by atoms with Gasteiger partial charge in [0, 0.05) is 52.4 Å². The predicted molar refractivity (Wildman–Crippen MR) is 108 cm³/mol. The molecule has 0 aliphatic carbocycles. The highest BCUT2D eigenvalue weighted by Crippen LogP contribution is 2.23. The zero-order valence-corrected chi connectivity index (χ0v) is 17.0. The number of piperazine rings is 1. The molecule has 158 valence electrons. The van der Waals surface area contributed by atoms with Crippen molar-refractivity contribution in [3.8, 4) is 5.75 Å². The maximum absolute atomic E-state index is 10.2. The summed E-state index contributed by atoms with van der Waals surface area (Å²) >= 11 is 0. The number of rotatable bonds is 8.